The zero-order valence-corrected chi connectivity index (χ0v) is 18.2. The second kappa shape index (κ2) is 9.67. The van der Waals surface area contributed by atoms with Crippen LogP contribution in [-0.4, -0.2) is 66.2 Å². The minimum Gasteiger partial charge on any atom is -0.356 e. The van der Waals surface area contributed by atoms with Crippen molar-refractivity contribution >= 4 is 11.8 Å². The molecular weight excluding hydrogens is 412 g/mol. The summed E-state index contributed by atoms with van der Waals surface area (Å²) < 4.78 is 7.18. The molecule has 1 aliphatic heterocycles. The van der Waals surface area contributed by atoms with Gasteiger partial charge in [0.25, 0.3) is 5.91 Å². The fourth-order valence-corrected chi connectivity index (χ4v) is 3.69. The van der Waals surface area contributed by atoms with Crippen molar-refractivity contribution in [1.82, 2.24) is 40.1 Å². The molecule has 1 unspecified atom stereocenters. The molecule has 1 saturated heterocycles. The predicted octanol–water partition coefficient (Wildman–Crippen LogP) is 1.48. The smallest absolute Gasteiger partial charge is 0.274 e. The first-order valence-electron chi connectivity index (χ1n) is 10.7. The van der Waals surface area contributed by atoms with Gasteiger partial charge in [-0.3, -0.25) is 19.3 Å². The van der Waals surface area contributed by atoms with Gasteiger partial charge in [0.15, 0.2) is 5.69 Å². The molecule has 32 heavy (non-hydrogen) atoms. The van der Waals surface area contributed by atoms with E-state index in [4.69, 9.17) is 4.52 Å². The van der Waals surface area contributed by atoms with Crippen LogP contribution in [0.5, 0.6) is 0 Å². The minimum atomic E-state index is -0.167. The van der Waals surface area contributed by atoms with Crippen molar-refractivity contribution in [2.75, 3.05) is 19.6 Å². The third-order valence-corrected chi connectivity index (χ3v) is 5.61. The van der Waals surface area contributed by atoms with Crippen LogP contribution in [0.25, 0.3) is 11.5 Å². The molecule has 0 saturated carbocycles. The first-order chi connectivity index (χ1) is 15.5. The maximum Gasteiger partial charge on any atom is 0.274 e. The number of aromatic nitrogens is 6. The molecule has 1 fully saturated rings. The summed E-state index contributed by atoms with van der Waals surface area (Å²) in [6.07, 6.45) is 7.12. The van der Waals surface area contributed by atoms with Gasteiger partial charge in [-0.25, -0.2) is 4.98 Å². The fraction of sp³-hybridized carbons (Fsp3) is 0.476. The number of hydrogen-bond donors (Lipinski definition) is 1. The van der Waals surface area contributed by atoms with E-state index in [1.807, 2.05) is 6.92 Å². The molecule has 168 valence electrons. The molecule has 0 bridgehead atoms. The van der Waals surface area contributed by atoms with E-state index in [2.05, 4.69) is 30.5 Å². The lowest BCUT2D eigenvalue weighted by Gasteiger charge is -2.21. The highest BCUT2D eigenvalue weighted by molar-refractivity contribution is 5.92. The van der Waals surface area contributed by atoms with E-state index in [0.29, 0.717) is 49.2 Å². The van der Waals surface area contributed by atoms with Crippen molar-refractivity contribution in [2.24, 2.45) is 7.05 Å². The summed E-state index contributed by atoms with van der Waals surface area (Å²) in [4.78, 5) is 39.7. The summed E-state index contributed by atoms with van der Waals surface area (Å²) in [5.74, 6) is 0.581. The van der Waals surface area contributed by atoms with E-state index >= 15 is 0 Å². The van der Waals surface area contributed by atoms with Crippen LogP contribution < -0.4 is 5.32 Å². The molecule has 11 nitrogen and oxygen atoms in total. The standard InChI is InChI=1S/C21H26N8O3/c1-14-12-16(26-28(14)2)21(31)29-10-3-4-15(5-7-24-18(30)6-11-29)20-25-19(27-32-20)17-13-22-8-9-23-17/h8-9,12-13,15H,3-7,10-11H2,1-2H3,(H,24,30). The van der Waals surface area contributed by atoms with Gasteiger partial charge in [-0.05, 0) is 32.3 Å². The minimum absolute atomic E-state index is 0.0413. The number of nitrogens with zero attached hydrogens (tertiary/aromatic N) is 7. The van der Waals surface area contributed by atoms with Crippen molar-refractivity contribution < 1.29 is 14.1 Å². The fourth-order valence-electron chi connectivity index (χ4n) is 3.69. The van der Waals surface area contributed by atoms with Gasteiger partial charge in [0.2, 0.25) is 17.6 Å². The van der Waals surface area contributed by atoms with E-state index in [1.165, 1.54) is 0 Å². The monoisotopic (exact) mass is 438 g/mol. The van der Waals surface area contributed by atoms with Gasteiger partial charge < -0.3 is 14.7 Å². The van der Waals surface area contributed by atoms with Gasteiger partial charge in [0.1, 0.15) is 5.69 Å². The molecule has 2 amide bonds. The molecule has 0 aromatic carbocycles. The van der Waals surface area contributed by atoms with Crippen LogP contribution in [0, 0.1) is 6.92 Å². The Morgan fingerprint density at radius 2 is 2.12 bits per heavy atom. The number of carbonyl (C=O) groups is 2. The van der Waals surface area contributed by atoms with Gasteiger partial charge in [0.05, 0.1) is 6.20 Å². The van der Waals surface area contributed by atoms with E-state index in [1.54, 1.807) is 41.3 Å². The van der Waals surface area contributed by atoms with Crippen LogP contribution in [0.4, 0.5) is 0 Å². The Morgan fingerprint density at radius 1 is 1.25 bits per heavy atom. The third-order valence-electron chi connectivity index (χ3n) is 5.61. The van der Waals surface area contributed by atoms with E-state index < -0.39 is 0 Å². The van der Waals surface area contributed by atoms with Gasteiger partial charge >= 0.3 is 0 Å². The van der Waals surface area contributed by atoms with Crippen molar-refractivity contribution in [3.05, 3.63) is 41.9 Å². The molecule has 0 aliphatic carbocycles. The van der Waals surface area contributed by atoms with Crippen molar-refractivity contribution in [1.29, 1.82) is 0 Å². The summed E-state index contributed by atoms with van der Waals surface area (Å²) in [5.41, 5.74) is 1.83. The molecule has 1 aliphatic rings. The largest absolute Gasteiger partial charge is 0.356 e. The average Bonchev–Trinajstić information content (AvgIpc) is 3.41. The molecule has 3 aromatic rings. The number of carbonyl (C=O) groups excluding carboxylic acids is 2. The van der Waals surface area contributed by atoms with Crippen LogP contribution in [0.2, 0.25) is 0 Å². The molecule has 4 rings (SSSR count). The average molecular weight is 438 g/mol. The molecule has 0 spiro atoms. The molecule has 11 heteroatoms. The summed E-state index contributed by atoms with van der Waals surface area (Å²) in [5, 5.41) is 11.2. The lowest BCUT2D eigenvalue weighted by Crippen LogP contribution is -2.36. The normalized spacial score (nSPS) is 18.1. The number of aryl methyl sites for hydroxylation is 2. The predicted molar refractivity (Wildman–Crippen MR) is 113 cm³/mol. The maximum absolute atomic E-state index is 13.0. The highest BCUT2D eigenvalue weighted by Gasteiger charge is 2.24. The molecular formula is C21H26N8O3. The molecule has 1 N–H and O–H groups in total. The van der Waals surface area contributed by atoms with Crippen LogP contribution in [0.3, 0.4) is 0 Å². The Kier molecular flexibility index (Phi) is 6.52. The third kappa shape index (κ3) is 4.98. The lowest BCUT2D eigenvalue weighted by molar-refractivity contribution is -0.121. The Morgan fingerprint density at radius 3 is 2.88 bits per heavy atom. The van der Waals surface area contributed by atoms with E-state index in [9.17, 15) is 9.59 Å². The van der Waals surface area contributed by atoms with E-state index in [-0.39, 0.29) is 24.2 Å². The van der Waals surface area contributed by atoms with Crippen LogP contribution in [-0.2, 0) is 11.8 Å². The van der Waals surface area contributed by atoms with Crippen LogP contribution in [0.1, 0.15) is 53.7 Å². The number of rotatable bonds is 3. The second-order valence-corrected chi connectivity index (χ2v) is 7.86. The van der Waals surface area contributed by atoms with Crippen LogP contribution >= 0.6 is 0 Å². The molecule has 1 atom stereocenters. The second-order valence-electron chi connectivity index (χ2n) is 7.86. The number of hydrogen-bond acceptors (Lipinski definition) is 8. The van der Waals surface area contributed by atoms with Gasteiger partial charge in [0, 0.05) is 57.1 Å². The summed E-state index contributed by atoms with van der Waals surface area (Å²) in [6.45, 7) is 3.26. The van der Waals surface area contributed by atoms with Crippen molar-refractivity contribution in [2.45, 2.75) is 38.5 Å². The zero-order chi connectivity index (χ0) is 22.5. The summed E-state index contributed by atoms with van der Waals surface area (Å²) >= 11 is 0. The molecule has 3 aromatic heterocycles. The Bertz CT molecular complexity index is 1060. The maximum atomic E-state index is 13.0. The SMILES string of the molecule is Cc1cc(C(=O)N2CCCC(c3nc(-c4cnccn4)no3)CCNC(=O)CC2)nn1C. The Balaban J connectivity index is 1.48. The summed E-state index contributed by atoms with van der Waals surface area (Å²) in [7, 11) is 1.80. The highest BCUT2D eigenvalue weighted by Crippen LogP contribution is 2.26. The first kappa shape index (κ1) is 21.6. The van der Waals surface area contributed by atoms with Crippen molar-refractivity contribution in [3.63, 3.8) is 0 Å². The highest BCUT2D eigenvalue weighted by atomic mass is 16.5. The van der Waals surface area contributed by atoms with E-state index in [0.717, 1.165) is 18.5 Å². The first-order valence-corrected chi connectivity index (χ1v) is 10.7. The number of amides is 2. The van der Waals surface area contributed by atoms with Crippen molar-refractivity contribution in [3.8, 4) is 11.5 Å². The van der Waals surface area contributed by atoms with Gasteiger partial charge in [-0.1, -0.05) is 5.16 Å². The lowest BCUT2D eigenvalue weighted by atomic mass is 9.99. The number of nitrogens with one attached hydrogen (secondary N) is 1. The van der Waals surface area contributed by atoms with Crippen LogP contribution in [0.15, 0.2) is 29.2 Å². The molecule has 0 radical (unpaired) electrons. The van der Waals surface area contributed by atoms with Gasteiger partial charge in [-0.15, -0.1) is 0 Å². The zero-order valence-electron chi connectivity index (χ0n) is 18.2. The quantitative estimate of drug-likeness (QED) is 0.650. The Labute approximate surface area is 185 Å². The Hall–Kier alpha value is -3.63. The summed E-state index contributed by atoms with van der Waals surface area (Å²) in [6, 6.07) is 1.77. The topological polar surface area (TPSA) is 132 Å². The molecule has 4 heterocycles. The van der Waals surface area contributed by atoms with Gasteiger partial charge in [-0.2, -0.15) is 10.1 Å².